The average molecular weight is 239 g/mol. The molecule has 96 valence electrons. The molecule has 0 saturated heterocycles. The van der Waals surface area contributed by atoms with Gasteiger partial charge in [-0.3, -0.25) is 4.68 Å². The molecular weight excluding hydrogens is 218 g/mol. The Hall–Kier alpha value is -1.52. The van der Waals surface area contributed by atoms with Gasteiger partial charge in [0.05, 0.1) is 5.69 Å². The molecule has 3 N–H and O–H groups in total. The van der Waals surface area contributed by atoms with Gasteiger partial charge in [0.25, 0.3) is 0 Å². The van der Waals surface area contributed by atoms with Crippen molar-refractivity contribution in [3.8, 4) is 0 Å². The van der Waals surface area contributed by atoms with E-state index in [2.05, 4.69) is 18.9 Å². The monoisotopic (exact) mass is 239 g/mol. The number of aromatic carboxylic acids is 1. The van der Waals surface area contributed by atoms with Gasteiger partial charge in [0.2, 0.25) is 0 Å². The van der Waals surface area contributed by atoms with Crippen LogP contribution in [0.15, 0.2) is 6.20 Å². The van der Waals surface area contributed by atoms with Crippen LogP contribution in [0.25, 0.3) is 0 Å². The fraction of sp³-hybridized carbons (Fsp3) is 0.667. The number of anilines is 1. The Morgan fingerprint density at radius 2 is 2.29 bits per heavy atom. The number of carboxylic acids is 1. The zero-order valence-electron chi connectivity index (χ0n) is 10.5. The number of unbranched alkanes of at least 4 members (excludes halogenated alkanes) is 1. The van der Waals surface area contributed by atoms with Gasteiger partial charge in [0, 0.05) is 12.7 Å². The van der Waals surface area contributed by atoms with Crippen LogP contribution in [-0.2, 0) is 6.54 Å². The van der Waals surface area contributed by atoms with Crippen molar-refractivity contribution in [3.05, 3.63) is 11.9 Å². The molecule has 1 atom stereocenters. The van der Waals surface area contributed by atoms with E-state index < -0.39 is 5.97 Å². The third kappa shape index (κ3) is 3.76. The lowest BCUT2D eigenvalue weighted by molar-refractivity contribution is 0.0690. The summed E-state index contributed by atoms with van der Waals surface area (Å²) >= 11 is 0. The third-order valence-corrected chi connectivity index (χ3v) is 2.98. The summed E-state index contributed by atoms with van der Waals surface area (Å²) in [6, 6.07) is 0. The molecule has 0 radical (unpaired) electrons. The van der Waals surface area contributed by atoms with Crippen LogP contribution in [0.1, 0.15) is 50.0 Å². The molecular formula is C12H21N3O2. The summed E-state index contributed by atoms with van der Waals surface area (Å²) < 4.78 is 1.66. The third-order valence-electron chi connectivity index (χ3n) is 2.98. The minimum Gasteiger partial charge on any atom is -0.476 e. The lowest BCUT2D eigenvalue weighted by Gasteiger charge is -2.13. The van der Waals surface area contributed by atoms with Gasteiger partial charge in [-0.05, 0) is 12.3 Å². The molecule has 1 aromatic heterocycles. The number of rotatable bonds is 7. The number of hydrogen-bond acceptors (Lipinski definition) is 3. The first-order valence-corrected chi connectivity index (χ1v) is 6.14. The largest absolute Gasteiger partial charge is 0.476 e. The molecule has 0 aliphatic heterocycles. The number of nitrogens with zero attached hydrogens (tertiary/aromatic N) is 2. The summed E-state index contributed by atoms with van der Waals surface area (Å²) in [4.78, 5) is 10.8. The highest BCUT2D eigenvalue weighted by Crippen LogP contribution is 2.17. The molecule has 1 heterocycles. The lowest BCUT2D eigenvalue weighted by atomic mass is 10.00. The zero-order valence-corrected chi connectivity index (χ0v) is 10.5. The number of carbonyl (C=O) groups is 1. The number of aromatic nitrogens is 2. The van der Waals surface area contributed by atoms with Gasteiger partial charge < -0.3 is 10.8 Å². The van der Waals surface area contributed by atoms with E-state index in [0.29, 0.717) is 5.92 Å². The minimum atomic E-state index is -1.07. The Balaban J connectivity index is 2.66. The first-order valence-electron chi connectivity index (χ1n) is 6.14. The number of hydrogen-bond donors (Lipinski definition) is 2. The van der Waals surface area contributed by atoms with Crippen LogP contribution < -0.4 is 5.73 Å². The topological polar surface area (TPSA) is 81.1 Å². The second kappa shape index (κ2) is 6.27. The van der Waals surface area contributed by atoms with Crippen molar-refractivity contribution in [3.63, 3.8) is 0 Å². The lowest BCUT2D eigenvalue weighted by Crippen LogP contribution is -2.11. The average Bonchev–Trinajstić information content (AvgIpc) is 2.65. The number of carboxylic acid groups (broad SMARTS) is 1. The van der Waals surface area contributed by atoms with Gasteiger partial charge in [-0.25, -0.2) is 4.79 Å². The highest BCUT2D eigenvalue weighted by molar-refractivity contribution is 5.91. The smallest absolute Gasteiger partial charge is 0.358 e. The van der Waals surface area contributed by atoms with Crippen molar-refractivity contribution >= 4 is 11.7 Å². The summed E-state index contributed by atoms with van der Waals surface area (Å²) in [7, 11) is 0. The maximum absolute atomic E-state index is 10.8. The van der Waals surface area contributed by atoms with Gasteiger partial charge in [-0.15, -0.1) is 0 Å². The van der Waals surface area contributed by atoms with E-state index in [9.17, 15) is 4.79 Å². The Bertz CT molecular complexity index is 374. The fourth-order valence-electron chi connectivity index (χ4n) is 1.88. The van der Waals surface area contributed by atoms with Gasteiger partial charge in [0.15, 0.2) is 5.69 Å². The van der Waals surface area contributed by atoms with Crippen molar-refractivity contribution in [2.75, 3.05) is 5.73 Å². The van der Waals surface area contributed by atoms with Gasteiger partial charge in [-0.2, -0.15) is 5.10 Å². The van der Waals surface area contributed by atoms with Crippen LogP contribution in [-0.4, -0.2) is 20.9 Å². The predicted molar refractivity (Wildman–Crippen MR) is 66.9 cm³/mol. The van der Waals surface area contributed by atoms with Crippen LogP contribution in [0.2, 0.25) is 0 Å². The molecule has 1 unspecified atom stereocenters. The minimum absolute atomic E-state index is 0.0460. The van der Waals surface area contributed by atoms with Gasteiger partial charge in [0.1, 0.15) is 0 Å². The summed E-state index contributed by atoms with van der Waals surface area (Å²) in [5.41, 5.74) is 5.79. The Morgan fingerprint density at radius 1 is 1.59 bits per heavy atom. The molecule has 0 spiro atoms. The molecule has 0 amide bonds. The molecule has 0 bridgehead atoms. The molecule has 0 fully saturated rings. The Labute approximate surface area is 102 Å². The van der Waals surface area contributed by atoms with Crippen LogP contribution in [0.3, 0.4) is 0 Å². The van der Waals surface area contributed by atoms with Crippen LogP contribution in [0, 0.1) is 5.92 Å². The van der Waals surface area contributed by atoms with Crippen molar-refractivity contribution in [1.29, 1.82) is 0 Å². The summed E-state index contributed by atoms with van der Waals surface area (Å²) in [6.07, 6.45) is 6.20. The van der Waals surface area contributed by atoms with E-state index in [-0.39, 0.29) is 11.4 Å². The molecule has 17 heavy (non-hydrogen) atoms. The standard InChI is InChI=1S/C12H21N3O2/c1-3-5-6-9(4-2)7-15-8-10(13)11(14-15)12(16)17/h8-9H,3-7,13H2,1-2H3,(H,16,17). The normalized spacial score (nSPS) is 12.6. The molecule has 1 rings (SSSR count). The van der Waals surface area contributed by atoms with E-state index in [1.54, 1.807) is 10.9 Å². The van der Waals surface area contributed by atoms with Crippen molar-refractivity contribution in [2.24, 2.45) is 5.92 Å². The van der Waals surface area contributed by atoms with Crippen LogP contribution in [0.4, 0.5) is 5.69 Å². The Kier molecular flexibility index (Phi) is 5.00. The Morgan fingerprint density at radius 3 is 2.76 bits per heavy atom. The molecule has 0 saturated carbocycles. The predicted octanol–water partition coefficient (Wildman–Crippen LogP) is 2.38. The molecule has 1 aromatic rings. The molecule has 0 aromatic carbocycles. The molecule has 0 aliphatic carbocycles. The van der Waals surface area contributed by atoms with E-state index in [0.717, 1.165) is 19.4 Å². The highest BCUT2D eigenvalue weighted by atomic mass is 16.4. The second-order valence-electron chi connectivity index (χ2n) is 4.38. The summed E-state index contributed by atoms with van der Waals surface area (Å²) in [5.74, 6) is -0.529. The maximum atomic E-state index is 10.8. The van der Waals surface area contributed by atoms with Crippen LogP contribution >= 0.6 is 0 Å². The number of nitrogens with two attached hydrogens (primary N) is 1. The fourth-order valence-corrected chi connectivity index (χ4v) is 1.88. The van der Waals surface area contributed by atoms with Gasteiger partial charge in [-0.1, -0.05) is 33.1 Å². The first kappa shape index (κ1) is 13.5. The zero-order chi connectivity index (χ0) is 12.8. The summed E-state index contributed by atoms with van der Waals surface area (Å²) in [5, 5.41) is 12.9. The van der Waals surface area contributed by atoms with Gasteiger partial charge >= 0.3 is 5.97 Å². The van der Waals surface area contributed by atoms with E-state index in [1.807, 2.05) is 0 Å². The second-order valence-corrected chi connectivity index (χ2v) is 4.38. The molecule has 5 nitrogen and oxygen atoms in total. The van der Waals surface area contributed by atoms with E-state index >= 15 is 0 Å². The van der Waals surface area contributed by atoms with Crippen molar-refractivity contribution < 1.29 is 9.90 Å². The molecule has 0 aliphatic rings. The quantitative estimate of drug-likeness (QED) is 0.765. The SMILES string of the molecule is CCCCC(CC)Cn1cc(N)c(C(=O)O)n1. The highest BCUT2D eigenvalue weighted by Gasteiger charge is 2.15. The van der Waals surface area contributed by atoms with Crippen molar-refractivity contribution in [2.45, 2.75) is 46.1 Å². The maximum Gasteiger partial charge on any atom is 0.358 e. The van der Waals surface area contributed by atoms with Crippen molar-refractivity contribution in [1.82, 2.24) is 9.78 Å². The summed E-state index contributed by atoms with van der Waals surface area (Å²) in [6.45, 7) is 5.06. The van der Waals surface area contributed by atoms with Crippen LogP contribution in [0.5, 0.6) is 0 Å². The number of nitrogen functional groups attached to an aromatic ring is 1. The van der Waals surface area contributed by atoms with E-state index in [4.69, 9.17) is 10.8 Å². The van der Waals surface area contributed by atoms with E-state index in [1.165, 1.54) is 12.8 Å². The molecule has 5 heteroatoms. The first-order chi connectivity index (χ1) is 8.08.